The molecular weight excluding hydrogens is 432 g/mol. The zero-order valence-electron chi connectivity index (χ0n) is 18.5. The van der Waals surface area contributed by atoms with Crippen LogP contribution in [0.5, 0.6) is 0 Å². The van der Waals surface area contributed by atoms with E-state index in [1.54, 1.807) is 48.5 Å². The molecule has 4 fully saturated rings. The van der Waals surface area contributed by atoms with Crippen LogP contribution in [0.25, 0.3) is 0 Å². The summed E-state index contributed by atoms with van der Waals surface area (Å²) in [4.78, 5) is 56.6. The van der Waals surface area contributed by atoms with E-state index in [-0.39, 0.29) is 29.5 Å². The number of amides is 4. The summed E-state index contributed by atoms with van der Waals surface area (Å²) in [6.07, 6.45) is -0.621. The highest BCUT2D eigenvalue weighted by atomic mass is 16.5. The molecule has 7 nitrogen and oxygen atoms in total. The molecule has 4 amide bonds. The van der Waals surface area contributed by atoms with Gasteiger partial charge in [0.2, 0.25) is 23.6 Å². The maximum Gasteiger partial charge on any atom is 0.240 e. The molecule has 7 rings (SSSR count). The molecule has 0 unspecified atom stereocenters. The maximum atomic E-state index is 13.7. The average molecular weight is 454 g/mol. The lowest BCUT2D eigenvalue weighted by Crippen LogP contribution is -2.45. The fraction of sp³-hybridized carbons (Fsp3) is 0.333. The highest BCUT2D eigenvalue weighted by Gasteiger charge is 2.72. The lowest BCUT2D eigenvalue weighted by molar-refractivity contribution is -0.128. The van der Waals surface area contributed by atoms with Crippen molar-refractivity contribution in [2.24, 2.45) is 29.6 Å². The molecule has 4 aliphatic heterocycles. The topological polar surface area (TPSA) is 84.0 Å². The molecular formula is C27H22N2O5. The smallest absolute Gasteiger partial charge is 0.240 e. The van der Waals surface area contributed by atoms with Gasteiger partial charge in [0.1, 0.15) is 0 Å². The van der Waals surface area contributed by atoms with Crippen molar-refractivity contribution in [1.82, 2.24) is 0 Å². The summed E-state index contributed by atoms with van der Waals surface area (Å²) in [7, 11) is 0. The van der Waals surface area contributed by atoms with E-state index in [2.05, 4.69) is 0 Å². The van der Waals surface area contributed by atoms with Gasteiger partial charge in [0.15, 0.2) is 0 Å². The summed E-state index contributed by atoms with van der Waals surface area (Å²) in [5, 5.41) is 0. The molecule has 0 N–H and O–H groups in total. The number of hydrogen-bond donors (Lipinski definition) is 0. The monoisotopic (exact) mass is 454 g/mol. The molecule has 0 spiro atoms. The highest BCUT2D eigenvalue weighted by Crippen LogP contribution is 2.61. The third-order valence-corrected chi connectivity index (χ3v) is 8.31. The Labute approximate surface area is 196 Å². The molecule has 7 atom stereocenters. The second-order valence-electron chi connectivity index (χ2n) is 9.87. The van der Waals surface area contributed by atoms with Crippen LogP contribution < -0.4 is 9.80 Å². The van der Waals surface area contributed by atoms with Gasteiger partial charge in [0, 0.05) is 5.92 Å². The van der Waals surface area contributed by atoms with E-state index in [9.17, 15) is 19.2 Å². The summed E-state index contributed by atoms with van der Waals surface area (Å²) in [6, 6.07) is 17.9. The predicted molar refractivity (Wildman–Crippen MR) is 121 cm³/mol. The second-order valence-corrected chi connectivity index (χ2v) is 9.87. The zero-order valence-corrected chi connectivity index (χ0v) is 18.5. The molecule has 34 heavy (non-hydrogen) atoms. The van der Waals surface area contributed by atoms with Gasteiger partial charge in [-0.2, -0.15) is 0 Å². The van der Waals surface area contributed by atoms with Gasteiger partial charge in [0.05, 0.1) is 47.3 Å². The van der Waals surface area contributed by atoms with Crippen LogP contribution in [0.15, 0.2) is 71.8 Å². The molecule has 7 heteroatoms. The Balaban J connectivity index is 1.29. The Morgan fingerprint density at radius 2 is 1.21 bits per heavy atom. The third-order valence-electron chi connectivity index (χ3n) is 8.31. The number of benzene rings is 2. The first-order valence-electron chi connectivity index (χ1n) is 11.7. The Kier molecular flexibility index (Phi) is 3.93. The van der Waals surface area contributed by atoms with E-state index in [1.807, 2.05) is 19.1 Å². The summed E-state index contributed by atoms with van der Waals surface area (Å²) in [6.45, 7) is 1.97. The standard InChI is InChI=1S/C27H22N2O5/c1-13-12-16-18(25(31)28(24(16)30)14-8-4-2-5-9-14)19-17(13)22-20-21(23(19)34-22)27(33)29(26(20)32)15-10-6-3-7-11-15/h2-11,16,18-23H,12H2,1H3/t16-,18-,19+,20+,21-,22+,23-/m0/s1. The number of rotatable bonds is 2. The molecule has 0 radical (unpaired) electrons. The van der Waals surface area contributed by atoms with Gasteiger partial charge in [-0.25, -0.2) is 4.90 Å². The summed E-state index contributed by atoms with van der Waals surface area (Å²) < 4.78 is 6.31. The SMILES string of the molecule is CC1=C2[C@@H]([C@@H]3O[C@H]2[C@@H]2C(=O)N(c4ccccc4)C(=O)[C@H]32)[C@H]2C(=O)N(c3ccccc3)C(=O)[C@H]2C1. The Morgan fingerprint density at radius 3 is 1.82 bits per heavy atom. The minimum absolute atomic E-state index is 0.196. The Hall–Kier alpha value is -3.58. The molecule has 5 aliphatic rings. The molecule has 0 aromatic heterocycles. The number of carbonyl (C=O) groups is 4. The number of allylic oxidation sites excluding steroid dienone is 1. The van der Waals surface area contributed by atoms with Crippen LogP contribution in [0.3, 0.4) is 0 Å². The van der Waals surface area contributed by atoms with Crippen molar-refractivity contribution in [3.05, 3.63) is 71.8 Å². The van der Waals surface area contributed by atoms with Crippen LogP contribution in [0.2, 0.25) is 0 Å². The van der Waals surface area contributed by atoms with Crippen molar-refractivity contribution in [1.29, 1.82) is 0 Å². The maximum absolute atomic E-state index is 13.7. The lowest BCUT2D eigenvalue weighted by atomic mass is 9.61. The van der Waals surface area contributed by atoms with Crippen LogP contribution in [-0.4, -0.2) is 35.8 Å². The first-order valence-corrected chi connectivity index (χ1v) is 11.7. The fourth-order valence-corrected chi connectivity index (χ4v) is 7.06. The van der Waals surface area contributed by atoms with E-state index < -0.39 is 35.9 Å². The van der Waals surface area contributed by atoms with Gasteiger partial charge in [-0.3, -0.25) is 24.1 Å². The van der Waals surface area contributed by atoms with Crippen LogP contribution in [-0.2, 0) is 23.9 Å². The molecule has 2 aromatic rings. The normalized spacial score (nSPS) is 35.9. The molecule has 4 heterocycles. The lowest BCUT2D eigenvalue weighted by Gasteiger charge is -2.37. The van der Waals surface area contributed by atoms with Crippen molar-refractivity contribution >= 4 is 35.0 Å². The van der Waals surface area contributed by atoms with Crippen molar-refractivity contribution in [3.63, 3.8) is 0 Å². The number of imide groups is 2. The van der Waals surface area contributed by atoms with E-state index in [0.29, 0.717) is 17.8 Å². The average Bonchev–Trinajstić information content (AvgIpc) is 3.55. The van der Waals surface area contributed by atoms with Crippen molar-refractivity contribution in [2.75, 3.05) is 9.80 Å². The number of ether oxygens (including phenoxy) is 1. The number of carbonyl (C=O) groups excluding carboxylic acids is 4. The Bertz CT molecular complexity index is 1300. The summed E-state index contributed by atoms with van der Waals surface area (Å²) >= 11 is 0. The van der Waals surface area contributed by atoms with E-state index in [0.717, 1.165) is 11.1 Å². The molecule has 170 valence electrons. The zero-order chi connectivity index (χ0) is 23.3. The molecule has 4 saturated heterocycles. The van der Waals surface area contributed by atoms with Crippen LogP contribution in [0.1, 0.15) is 13.3 Å². The highest BCUT2D eigenvalue weighted by molar-refractivity contribution is 6.24. The van der Waals surface area contributed by atoms with Crippen molar-refractivity contribution in [3.8, 4) is 0 Å². The van der Waals surface area contributed by atoms with Crippen LogP contribution in [0.4, 0.5) is 11.4 Å². The van der Waals surface area contributed by atoms with Crippen molar-refractivity contribution in [2.45, 2.75) is 25.6 Å². The molecule has 1 aliphatic carbocycles. The van der Waals surface area contributed by atoms with E-state index >= 15 is 0 Å². The number of fused-ring (bicyclic) bond motifs is 10. The minimum Gasteiger partial charge on any atom is -0.368 e. The van der Waals surface area contributed by atoms with Gasteiger partial charge in [-0.05, 0) is 43.2 Å². The van der Waals surface area contributed by atoms with Crippen LogP contribution in [0, 0.1) is 29.6 Å². The van der Waals surface area contributed by atoms with Gasteiger partial charge in [-0.1, -0.05) is 42.0 Å². The van der Waals surface area contributed by atoms with Gasteiger partial charge >= 0.3 is 0 Å². The predicted octanol–water partition coefficient (Wildman–Crippen LogP) is 2.72. The minimum atomic E-state index is -0.633. The molecule has 2 aromatic carbocycles. The molecule has 2 bridgehead atoms. The van der Waals surface area contributed by atoms with Gasteiger partial charge < -0.3 is 4.74 Å². The van der Waals surface area contributed by atoms with Crippen LogP contribution >= 0.6 is 0 Å². The first kappa shape index (κ1) is 19.9. The number of anilines is 2. The third kappa shape index (κ3) is 2.30. The van der Waals surface area contributed by atoms with Gasteiger partial charge in [0.25, 0.3) is 0 Å². The second kappa shape index (κ2) is 6.73. The van der Waals surface area contributed by atoms with Gasteiger partial charge in [-0.15, -0.1) is 0 Å². The van der Waals surface area contributed by atoms with Crippen molar-refractivity contribution < 1.29 is 23.9 Å². The Morgan fingerprint density at radius 1 is 0.676 bits per heavy atom. The fourth-order valence-electron chi connectivity index (χ4n) is 7.06. The summed E-state index contributed by atoms with van der Waals surface area (Å²) in [5.41, 5.74) is 3.09. The quantitative estimate of drug-likeness (QED) is 0.515. The van der Waals surface area contributed by atoms with E-state index in [1.165, 1.54) is 9.80 Å². The largest absolute Gasteiger partial charge is 0.368 e. The van der Waals surface area contributed by atoms with E-state index in [4.69, 9.17) is 4.74 Å². The number of hydrogen-bond acceptors (Lipinski definition) is 5. The first-order chi connectivity index (χ1) is 16.5. The number of nitrogens with zero attached hydrogens (tertiary/aromatic N) is 2. The summed E-state index contributed by atoms with van der Waals surface area (Å²) in [5.74, 6) is -3.56. The molecule has 0 saturated carbocycles. The number of para-hydroxylation sites is 2.